The molecule has 0 heterocycles. The molecule has 3 N–H and O–H groups in total. The first-order valence-electron chi connectivity index (χ1n) is 4.51. The fourth-order valence-corrected chi connectivity index (χ4v) is 1.25. The van der Waals surface area contributed by atoms with E-state index in [0.29, 0.717) is 0 Å². The summed E-state index contributed by atoms with van der Waals surface area (Å²) in [5.74, 6) is -0.885. The number of nitrogens with two attached hydrogens (primary N) is 1. The van der Waals surface area contributed by atoms with E-state index in [0.717, 1.165) is 11.1 Å². The molecule has 0 saturated heterocycles. The summed E-state index contributed by atoms with van der Waals surface area (Å²) in [6.07, 6.45) is 0. The number of aliphatic carboxylic acids is 1. The summed E-state index contributed by atoms with van der Waals surface area (Å²) in [5, 5.41) is 9.08. The Morgan fingerprint density at radius 3 is 2.29 bits per heavy atom. The fraction of sp³-hybridized carbons (Fsp3) is 0.364. The van der Waals surface area contributed by atoms with Crippen LogP contribution in [0.1, 0.15) is 18.1 Å². The summed E-state index contributed by atoms with van der Waals surface area (Å²) in [5.41, 5.74) is 6.38. The van der Waals surface area contributed by atoms with Crippen molar-refractivity contribution < 1.29 is 9.90 Å². The Balaban J connectivity index is 3.13. The average Bonchev–Trinajstić information content (AvgIpc) is 2.17. The molecule has 0 bridgehead atoms. The van der Waals surface area contributed by atoms with Crippen LogP contribution < -0.4 is 5.73 Å². The lowest BCUT2D eigenvalue weighted by Gasteiger charge is -2.23. The highest BCUT2D eigenvalue weighted by Crippen LogP contribution is 2.23. The van der Waals surface area contributed by atoms with Crippen molar-refractivity contribution in [2.75, 3.05) is 6.54 Å². The van der Waals surface area contributed by atoms with Crippen LogP contribution in [0, 0.1) is 6.92 Å². The predicted octanol–water partition coefficient (Wildman–Crippen LogP) is 1.30. The number of hydrogen-bond donors (Lipinski definition) is 2. The monoisotopic (exact) mass is 193 g/mol. The lowest BCUT2D eigenvalue weighted by atomic mass is 9.82. The lowest BCUT2D eigenvalue weighted by Crippen LogP contribution is -2.39. The number of benzene rings is 1. The Morgan fingerprint density at radius 1 is 1.43 bits per heavy atom. The van der Waals surface area contributed by atoms with Crippen molar-refractivity contribution in [3.05, 3.63) is 35.4 Å². The molecule has 76 valence electrons. The minimum Gasteiger partial charge on any atom is -0.481 e. The molecule has 0 aliphatic carbocycles. The van der Waals surface area contributed by atoms with Gasteiger partial charge in [-0.2, -0.15) is 0 Å². The molecule has 3 nitrogen and oxygen atoms in total. The van der Waals surface area contributed by atoms with Crippen LogP contribution in [0.25, 0.3) is 0 Å². The van der Waals surface area contributed by atoms with E-state index >= 15 is 0 Å². The average molecular weight is 193 g/mol. The van der Waals surface area contributed by atoms with E-state index in [2.05, 4.69) is 0 Å². The van der Waals surface area contributed by atoms with Crippen LogP contribution >= 0.6 is 0 Å². The van der Waals surface area contributed by atoms with Gasteiger partial charge in [-0.3, -0.25) is 4.79 Å². The highest BCUT2D eigenvalue weighted by atomic mass is 16.4. The molecular weight excluding hydrogens is 178 g/mol. The van der Waals surface area contributed by atoms with Crippen molar-refractivity contribution in [3.8, 4) is 0 Å². The largest absolute Gasteiger partial charge is 0.481 e. The Labute approximate surface area is 83.6 Å². The first-order valence-corrected chi connectivity index (χ1v) is 4.51. The molecular formula is C11H15NO2. The first kappa shape index (κ1) is 10.7. The SMILES string of the molecule is Cc1ccc(C(C)(CN)C(=O)O)cc1. The molecule has 0 aliphatic rings. The maximum atomic E-state index is 11.1. The van der Waals surface area contributed by atoms with Crippen LogP contribution in [0.3, 0.4) is 0 Å². The number of aryl methyl sites for hydroxylation is 1. The highest BCUT2D eigenvalue weighted by Gasteiger charge is 2.33. The fourth-order valence-electron chi connectivity index (χ4n) is 1.25. The number of rotatable bonds is 3. The van der Waals surface area contributed by atoms with E-state index in [1.807, 2.05) is 31.2 Å². The predicted molar refractivity (Wildman–Crippen MR) is 55.2 cm³/mol. The highest BCUT2D eigenvalue weighted by molar-refractivity contribution is 5.81. The smallest absolute Gasteiger partial charge is 0.315 e. The van der Waals surface area contributed by atoms with Crippen LogP contribution in [-0.4, -0.2) is 17.6 Å². The van der Waals surface area contributed by atoms with Gasteiger partial charge in [-0.05, 0) is 19.4 Å². The van der Waals surface area contributed by atoms with Crippen molar-refractivity contribution >= 4 is 5.97 Å². The lowest BCUT2D eigenvalue weighted by molar-refractivity contribution is -0.142. The summed E-state index contributed by atoms with van der Waals surface area (Å²) in [7, 11) is 0. The molecule has 0 radical (unpaired) electrons. The summed E-state index contributed by atoms with van der Waals surface area (Å²) < 4.78 is 0. The van der Waals surface area contributed by atoms with Gasteiger partial charge in [-0.15, -0.1) is 0 Å². The molecule has 0 saturated carbocycles. The summed E-state index contributed by atoms with van der Waals surface area (Å²) in [4.78, 5) is 11.1. The molecule has 1 aromatic rings. The standard InChI is InChI=1S/C11H15NO2/c1-8-3-5-9(6-4-8)11(2,7-12)10(13)14/h3-6H,7,12H2,1-2H3,(H,13,14). The van der Waals surface area contributed by atoms with Gasteiger partial charge in [0.15, 0.2) is 0 Å². The second kappa shape index (κ2) is 3.80. The molecule has 0 fully saturated rings. The van der Waals surface area contributed by atoms with Crippen molar-refractivity contribution in [2.45, 2.75) is 19.3 Å². The van der Waals surface area contributed by atoms with Gasteiger partial charge in [0.25, 0.3) is 0 Å². The van der Waals surface area contributed by atoms with Crippen molar-refractivity contribution in [2.24, 2.45) is 5.73 Å². The molecule has 1 atom stereocenters. The molecule has 0 aromatic heterocycles. The molecule has 1 unspecified atom stereocenters. The zero-order valence-corrected chi connectivity index (χ0v) is 8.45. The van der Waals surface area contributed by atoms with E-state index in [9.17, 15) is 4.79 Å². The topological polar surface area (TPSA) is 63.3 Å². The van der Waals surface area contributed by atoms with E-state index in [4.69, 9.17) is 10.8 Å². The van der Waals surface area contributed by atoms with Gasteiger partial charge in [0.1, 0.15) is 5.41 Å². The summed E-state index contributed by atoms with van der Waals surface area (Å²) >= 11 is 0. The molecule has 1 rings (SSSR count). The van der Waals surface area contributed by atoms with Crippen LogP contribution in [0.5, 0.6) is 0 Å². The van der Waals surface area contributed by atoms with Crippen molar-refractivity contribution in [1.29, 1.82) is 0 Å². The first-order chi connectivity index (χ1) is 6.50. The van der Waals surface area contributed by atoms with Gasteiger partial charge < -0.3 is 10.8 Å². The van der Waals surface area contributed by atoms with Gasteiger partial charge in [-0.25, -0.2) is 0 Å². The Hall–Kier alpha value is -1.35. The molecule has 14 heavy (non-hydrogen) atoms. The minimum absolute atomic E-state index is 0.103. The summed E-state index contributed by atoms with van der Waals surface area (Å²) in [6, 6.07) is 7.42. The van der Waals surface area contributed by atoms with E-state index in [1.54, 1.807) is 6.92 Å². The van der Waals surface area contributed by atoms with Crippen molar-refractivity contribution in [1.82, 2.24) is 0 Å². The maximum Gasteiger partial charge on any atom is 0.315 e. The molecule has 0 spiro atoms. The third kappa shape index (κ3) is 1.77. The number of carbonyl (C=O) groups is 1. The Bertz CT molecular complexity index is 332. The number of hydrogen-bond acceptors (Lipinski definition) is 2. The van der Waals surface area contributed by atoms with E-state index in [1.165, 1.54) is 0 Å². The number of carboxylic acids is 1. The van der Waals surface area contributed by atoms with Crippen LogP contribution in [0.15, 0.2) is 24.3 Å². The van der Waals surface area contributed by atoms with Gasteiger partial charge >= 0.3 is 5.97 Å². The zero-order chi connectivity index (χ0) is 10.8. The molecule has 0 aliphatic heterocycles. The van der Waals surface area contributed by atoms with Gasteiger partial charge in [0.2, 0.25) is 0 Å². The van der Waals surface area contributed by atoms with Crippen LogP contribution in [-0.2, 0) is 10.2 Å². The van der Waals surface area contributed by atoms with Crippen LogP contribution in [0.2, 0.25) is 0 Å². The summed E-state index contributed by atoms with van der Waals surface area (Å²) in [6.45, 7) is 3.70. The van der Waals surface area contributed by atoms with Gasteiger partial charge in [-0.1, -0.05) is 29.8 Å². The number of carboxylic acid groups (broad SMARTS) is 1. The minimum atomic E-state index is -0.978. The van der Waals surface area contributed by atoms with E-state index < -0.39 is 11.4 Å². The molecule has 3 heteroatoms. The molecule has 0 amide bonds. The van der Waals surface area contributed by atoms with E-state index in [-0.39, 0.29) is 6.54 Å². The van der Waals surface area contributed by atoms with Gasteiger partial charge in [0.05, 0.1) is 0 Å². The van der Waals surface area contributed by atoms with Crippen LogP contribution in [0.4, 0.5) is 0 Å². The second-order valence-electron chi connectivity index (χ2n) is 3.71. The maximum absolute atomic E-state index is 11.1. The zero-order valence-electron chi connectivity index (χ0n) is 8.45. The van der Waals surface area contributed by atoms with Crippen molar-refractivity contribution in [3.63, 3.8) is 0 Å². The third-order valence-corrected chi connectivity index (χ3v) is 2.57. The Kier molecular flexibility index (Phi) is 2.91. The third-order valence-electron chi connectivity index (χ3n) is 2.57. The quantitative estimate of drug-likeness (QED) is 0.760. The van der Waals surface area contributed by atoms with Gasteiger partial charge in [0, 0.05) is 6.54 Å². The Morgan fingerprint density at radius 2 is 1.93 bits per heavy atom. The molecule has 1 aromatic carbocycles. The second-order valence-corrected chi connectivity index (χ2v) is 3.71. The normalized spacial score (nSPS) is 14.8.